The van der Waals surface area contributed by atoms with Gasteiger partial charge in [-0.25, -0.2) is 9.97 Å². The van der Waals surface area contributed by atoms with E-state index in [0.717, 1.165) is 5.69 Å². The van der Waals surface area contributed by atoms with E-state index in [1.165, 1.54) is 6.39 Å². The third-order valence-electron chi connectivity index (χ3n) is 2.17. The number of hydrogen-bond acceptors (Lipinski definition) is 6. The van der Waals surface area contributed by atoms with Crippen molar-refractivity contribution in [3.63, 3.8) is 0 Å². The van der Waals surface area contributed by atoms with Crippen LogP contribution < -0.4 is 10.6 Å². The van der Waals surface area contributed by atoms with Crippen LogP contribution in [0.4, 0.5) is 5.95 Å². The van der Waals surface area contributed by atoms with E-state index in [0.29, 0.717) is 30.3 Å². The second-order valence-corrected chi connectivity index (χ2v) is 3.33. The minimum atomic E-state index is 0.515. The predicted molar refractivity (Wildman–Crippen MR) is 56.7 cm³/mol. The Bertz CT molecular complexity index is 466. The summed E-state index contributed by atoms with van der Waals surface area (Å²) in [5.74, 6) is 0.613. The standard InChI is InChI=1S/C9H13N5O/c1-6-7-8(15-5-11-7)13-9(12-6)14(2)4-3-10/h5H,3-4,10H2,1-2H3. The SMILES string of the molecule is Cc1nc(N(C)CCN)nc2ocnc12. The number of rotatable bonds is 3. The van der Waals surface area contributed by atoms with E-state index >= 15 is 0 Å². The molecule has 0 aromatic carbocycles. The molecule has 0 atom stereocenters. The lowest BCUT2D eigenvalue weighted by Gasteiger charge is -2.15. The summed E-state index contributed by atoms with van der Waals surface area (Å²) in [6.07, 6.45) is 1.37. The van der Waals surface area contributed by atoms with Crippen molar-refractivity contribution in [3.8, 4) is 0 Å². The van der Waals surface area contributed by atoms with E-state index in [1.807, 2.05) is 18.9 Å². The monoisotopic (exact) mass is 207 g/mol. The molecule has 2 N–H and O–H groups in total. The lowest BCUT2D eigenvalue weighted by molar-refractivity contribution is 0.589. The molecular weight excluding hydrogens is 194 g/mol. The van der Waals surface area contributed by atoms with Gasteiger partial charge in [0.1, 0.15) is 0 Å². The summed E-state index contributed by atoms with van der Waals surface area (Å²) in [4.78, 5) is 14.5. The second-order valence-electron chi connectivity index (χ2n) is 3.33. The first-order chi connectivity index (χ1) is 7.22. The summed E-state index contributed by atoms with van der Waals surface area (Å²) in [7, 11) is 1.89. The van der Waals surface area contributed by atoms with E-state index in [1.54, 1.807) is 0 Å². The fourth-order valence-corrected chi connectivity index (χ4v) is 1.35. The Hall–Kier alpha value is -1.69. The second kappa shape index (κ2) is 3.82. The van der Waals surface area contributed by atoms with E-state index in [2.05, 4.69) is 15.0 Å². The maximum Gasteiger partial charge on any atom is 0.251 e. The number of aryl methyl sites for hydroxylation is 1. The van der Waals surface area contributed by atoms with Crippen molar-refractivity contribution in [2.45, 2.75) is 6.92 Å². The van der Waals surface area contributed by atoms with Crippen molar-refractivity contribution in [2.75, 3.05) is 25.0 Å². The first-order valence-corrected chi connectivity index (χ1v) is 4.71. The van der Waals surface area contributed by atoms with Crippen LogP contribution in [0.15, 0.2) is 10.8 Å². The van der Waals surface area contributed by atoms with Crippen LogP contribution >= 0.6 is 0 Å². The van der Waals surface area contributed by atoms with Gasteiger partial charge in [0, 0.05) is 20.1 Å². The number of likely N-dealkylation sites (N-methyl/N-ethyl adjacent to an activating group) is 1. The van der Waals surface area contributed by atoms with E-state index in [-0.39, 0.29) is 0 Å². The Morgan fingerprint density at radius 3 is 3.00 bits per heavy atom. The molecule has 0 aliphatic heterocycles. The fraction of sp³-hybridized carbons (Fsp3) is 0.444. The molecule has 2 aromatic rings. The van der Waals surface area contributed by atoms with Crippen LogP contribution in [-0.2, 0) is 0 Å². The molecule has 0 amide bonds. The zero-order valence-electron chi connectivity index (χ0n) is 8.77. The van der Waals surface area contributed by atoms with Gasteiger partial charge in [0.2, 0.25) is 5.95 Å². The third kappa shape index (κ3) is 1.75. The largest absolute Gasteiger partial charge is 0.425 e. The lowest BCUT2D eigenvalue weighted by Crippen LogP contribution is -2.26. The zero-order chi connectivity index (χ0) is 10.8. The number of oxazole rings is 1. The Balaban J connectivity index is 2.44. The molecule has 2 heterocycles. The van der Waals surface area contributed by atoms with E-state index < -0.39 is 0 Å². The maximum absolute atomic E-state index is 5.46. The topological polar surface area (TPSA) is 81.1 Å². The number of aromatic nitrogens is 3. The quantitative estimate of drug-likeness (QED) is 0.780. The van der Waals surface area contributed by atoms with Crippen LogP contribution in [0, 0.1) is 6.92 Å². The summed E-state index contributed by atoms with van der Waals surface area (Å²) in [6, 6.07) is 0. The van der Waals surface area contributed by atoms with Crippen LogP contribution in [0.5, 0.6) is 0 Å². The summed E-state index contributed by atoms with van der Waals surface area (Å²) in [5.41, 5.74) is 7.50. The summed E-state index contributed by atoms with van der Waals surface area (Å²) < 4.78 is 5.15. The van der Waals surface area contributed by atoms with Gasteiger partial charge in [0.05, 0.1) is 5.69 Å². The van der Waals surface area contributed by atoms with E-state index in [9.17, 15) is 0 Å². The number of anilines is 1. The van der Waals surface area contributed by atoms with Gasteiger partial charge in [-0.3, -0.25) is 0 Å². The molecule has 0 saturated heterocycles. The molecule has 2 rings (SSSR count). The van der Waals surface area contributed by atoms with E-state index in [4.69, 9.17) is 10.2 Å². The van der Waals surface area contributed by atoms with Gasteiger partial charge in [-0.1, -0.05) is 0 Å². The third-order valence-corrected chi connectivity index (χ3v) is 2.17. The average molecular weight is 207 g/mol. The highest BCUT2D eigenvalue weighted by Crippen LogP contribution is 2.16. The Morgan fingerprint density at radius 1 is 1.47 bits per heavy atom. The summed E-state index contributed by atoms with van der Waals surface area (Å²) in [5, 5.41) is 0. The normalized spacial score (nSPS) is 10.9. The van der Waals surface area contributed by atoms with Gasteiger partial charge >= 0.3 is 0 Å². The molecule has 80 valence electrons. The summed E-state index contributed by atoms with van der Waals surface area (Å²) >= 11 is 0. The zero-order valence-corrected chi connectivity index (χ0v) is 8.77. The average Bonchev–Trinajstić information content (AvgIpc) is 2.66. The van der Waals surface area contributed by atoms with Crippen LogP contribution in [0.2, 0.25) is 0 Å². The smallest absolute Gasteiger partial charge is 0.251 e. The number of hydrogen-bond donors (Lipinski definition) is 1. The predicted octanol–water partition coefficient (Wildman–Crippen LogP) is 0.321. The number of nitrogens with zero attached hydrogens (tertiary/aromatic N) is 4. The Kier molecular flexibility index (Phi) is 2.51. The molecule has 0 aliphatic rings. The highest BCUT2D eigenvalue weighted by Gasteiger charge is 2.10. The van der Waals surface area contributed by atoms with Crippen LogP contribution in [0.25, 0.3) is 11.2 Å². The van der Waals surface area contributed by atoms with Crippen LogP contribution in [0.3, 0.4) is 0 Å². The molecule has 0 spiro atoms. The van der Waals surface area contributed by atoms with Gasteiger partial charge in [0.25, 0.3) is 5.71 Å². The minimum absolute atomic E-state index is 0.515. The summed E-state index contributed by atoms with van der Waals surface area (Å²) in [6.45, 7) is 3.15. The maximum atomic E-state index is 5.46. The van der Waals surface area contributed by atoms with Crippen molar-refractivity contribution in [2.24, 2.45) is 5.73 Å². The van der Waals surface area contributed by atoms with Crippen LogP contribution in [0.1, 0.15) is 5.69 Å². The first kappa shape index (κ1) is 9.85. The molecule has 15 heavy (non-hydrogen) atoms. The molecular formula is C9H13N5O. The Labute approximate surface area is 87.1 Å². The molecule has 2 aromatic heterocycles. The van der Waals surface area contributed by atoms with Crippen molar-refractivity contribution in [3.05, 3.63) is 12.1 Å². The molecule has 0 unspecified atom stereocenters. The van der Waals surface area contributed by atoms with Crippen LogP contribution in [-0.4, -0.2) is 35.1 Å². The van der Waals surface area contributed by atoms with Gasteiger partial charge < -0.3 is 15.1 Å². The molecule has 6 heteroatoms. The number of nitrogens with two attached hydrogens (primary N) is 1. The van der Waals surface area contributed by atoms with Crippen molar-refractivity contribution in [1.82, 2.24) is 15.0 Å². The number of fused-ring (bicyclic) bond motifs is 1. The lowest BCUT2D eigenvalue weighted by atomic mass is 10.4. The highest BCUT2D eigenvalue weighted by atomic mass is 16.3. The minimum Gasteiger partial charge on any atom is -0.425 e. The first-order valence-electron chi connectivity index (χ1n) is 4.71. The fourth-order valence-electron chi connectivity index (χ4n) is 1.35. The molecule has 0 saturated carbocycles. The molecule has 0 fully saturated rings. The van der Waals surface area contributed by atoms with Crippen molar-refractivity contribution in [1.29, 1.82) is 0 Å². The van der Waals surface area contributed by atoms with Crippen molar-refractivity contribution >= 4 is 17.2 Å². The molecule has 0 radical (unpaired) electrons. The van der Waals surface area contributed by atoms with Crippen molar-refractivity contribution < 1.29 is 4.42 Å². The van der Waals surface area contributed by atoms with Gasteiger partial charge in [-0.15, -0.1) is 0 Å². The van der Waals surface area contributed by atoms with Gasteiger partial charge in [0.15, 0.2) is 11.9 Å². The molecule has 6 nitrogen and oxygen atoms in total. The highest BCUT2D eigenvalue weighted by molar-refractivity contribution is 5.71. The molecule has 0 aliphatic carbocycles. The molecule has 0 bridgehead atoms. The Morgan fingerprint density at radius 2 is 2.27 bits per heavy atom. The van der Waals surface area contributed by atoms with Gasteiger partial charge in [-0.05, 0) is 6.92 Å². The van der Waals surface area contributed by atoms with Gasteiger partial charge in [-0.2, -0.15) is 4.98 Å².